The summed E-state index contributed by atoms with van der Waals surface area (Å²) in [4.78, 5) is 14.4. The molecule has 0 aliphatic heterocycles. The lowest BCUT2D eigenvalue weighted by Crippen LogP contribution is -2.56. The molecule has 270 valence electrons. The first kappa shape index (κ1) is 39.3. The third-order valence-corrected chi connectivity index (χ3v) is 23.9. The molecular weight excluding hydrogens is 613 g/mol. The molecule has 0 aromatic rings. The number of carbonyl (C=O) groups is 1. The van der Waals surface area contributed by atoms with Crippen LogP contribution in [0.5, 0.6) is 0 Å². The highest BCUT2D eigenvalue weighted by Gasteiger charge is 2.62. The lowest BCUT2D eigenvalue weighted by atomic mass is 9.46. The Labute approximate surface area is 292 Å². The van der Waals surface area contributed by atoms with Crippen molar-refractivity contribution < 1.29 is 18.8 Å². The van der Waals surface area contributed by atoms with Gasteiger partial charge in [-0.05, 0) is 110 Å². The predicted octanol–water partition coefficient (Wildman–Crippen LogP) is 11.1. The fourth-order valence-corrected chi connectivity index (χ4v) is 12.2. The van der Waals surface area contributed by atoms with E-state index in [2.05, 4.69) is 115 Å². The number of rotatable bonds is 11. The number of aliphatic hydroxyl groups is 1. The number of allylic oxidation sites excluding steroid dienone is 2. The Morgan fingerprint density at radius 1 is 0.936 bits per heavy atom. The van der Waals surface area contributed by atoms with Crippen molar-refractivity contribution in [2.24, 2.45) is 46.3 Å². The number of fused-ring (bicyclic) bond motifs is 5. The topological polar surface area (TPSA) is 55.8 Å². The minimum atomic E-state index is -1.86. The van der Waals surface area contributed by atoms with Crippen LogP contribution in [0.25, 0.3) is 0 Å². The van der Waals surface area contributed by atoms with Gasteiger partial charge in [0, 0.05) is 36.4 Å². The molecule has 6 heteroatoms. The van der Waals surface area contributed by atoms with Crippen molar-refractivity contribution in [3.63, 3.8) is 0 Å². The molecule has 4 rings (SSSR count). The molecule has 0 amide bonds. The van der Waals surface area contributed by atoms with Crippen molar-refractivity contribution >= 4 is 22.4 Å². The number of aliphatic hydroxyl groups excluding tert-OH is 1. The van der Waals surface area contributed by atoms with Crippen LogP contribution in [0.1, 0.15) is 128 Å². The van der Waals surface area contributed by atoms with Crippen LogP contribution < -0.4 is 0 Å². The Hall–Kier alpha value is -0.536. The molecule has 0 unspecified atom stereocenters. The summed E-state index contributed by atoms with van der Waals surface area (Å²) >= 11 is 0. The zero-order valence-corrected chi connectivity index (χ0v) is 35.3. The van der Waals surface area contributed by atoms with Gasteiger partial charge in [-0.25, -0.2) is 0 Å². The zero-order chi connectivity index (χ0) is 35.5. The van der Waals surface area contributed by atoms with Crippen molar-refractivity contribution in [2.75, 3.05) is 6.61 Å². The summed E-state index contributed by atoms with van der Waals surface area (Å²) in [5, 5.41) is 12.2. The van der Waals surface area contributed by atoms with E-state index in [9.17, 15) is 9.90 Å². The first-order chi connectivity index (χ1) is 21.4. The predicted molar refractivity (Wildman–Crippen MR) is 204 cm³/mol. The largest absolute Gasteiger partial charge is 0.417 e. The number of Topliss-reactive ketones (excluding diaryl/α,β-unsaturated/α-hetero) is 1. The second-order valence-electron chi connectivity index (χ2n) is 20.3. The van der Waals surface area contributed by atoms with Gasteiger partial charge in [0.2, 0.25) is 0 Å². The van der Waals surface area contributed by atoms with Gasteiger partial charge in [-0.3, -0.25) is 4.79 Å². The van der Waals surface area contributed by atoms with Crippen molar-refractivity contribution in [3.05, 3.63) is 23.3 Å². The minimum Gasteiger partial charge on any atom is -0.417 e. The Bertz CT molecular complexity index is 1200. The van der Waals surface area contributed by atoms with Crippen LogP contribution in [0.15, 0.2) is 23.3 Å². The highest BCUT2D eigenvalue weighted by atomic mass is 28.4. The molecule has 0 heterocycles. The Balaban J connectivity index is 1.45. The summed E-state index contributed by atoms with van der Waals surface area (Å²) < 4.78 is 13.5. The summed E-state index contributed by atoms with van der Waals surface area (Å²) in [7, 11) is -3.60. The van der Waals surface area contributed by atoms with Gasteiger partial charge in [0.25, 0.3) is 0 Å². The molecule has 9 atom stereocenters. The second kappa shape index (κ2) is 13.5. The normalized spacial score (nSPS) is 34.7. The van der Waals surface area contributed by atoms with Gasteiger partial charge in [-0.1, -0.05) is 99.5 Å². The molecule has 1 N–H and O–H groups in total. The van der Waals surface area contributed by atoms with E-state index >= 15 is 0 Å². The van der Waals surface area contributed by atoms with E-state index in [1.165, 1.54) is 11.1 Å². The first-order valence-corrected chi connectivity index (χ1v) is 25.1. The highest BCUT2D eigenvalue weighted by molar-refractivity contribution is 6.74. The molecular formula is C41H74O4Si2. The number of hydrogen-bond donors (Lipinski definition) is 1. The quantitative estimate of drug-likeness (QED) is 0.174. The maximum atomic E-state index is 14.4. The summed E-state index contributed by atoms with van der Waals surface area (Å²) in [6.07, 6.45) is 12.3. The molecule has 4 aliphatic carbocycles. The fourth-order valence-electron chi connectivity index (χ4n) is 9.71. The van der Waals surface area contributed by atoms with Crippen LogP contribution in [-0.2, 0) is 13.6 Å². The van der Waals surface area contributed by atoms with E-state index in [4.69, 9.17) is 8.85 Å². The van der Waals surface area contributed by atoms with Gasteiger partial charge in [0.15, 0.2) is 16.6 Å². The van der Waals surface area contributed by atoms with E-state index in [0.717, 1.165) is 51.6 Å². The second-order valence-corrected chi connectivity index (χ2v) is 29.9. The molecule has 0 aromatic carbocycles. The van der Waals surface area contributed by atoms with Crippen LogP contribution in [0.3, 0.4) is 0 Å². The monoisotopic (exact) mass is 687 g/mol. The maximum absolute atomic E-state index is 14.4. The maximum Gasteiger partial charge on any atom is 0.192 e. The van der Waals surface area contributed by atoms with E-state index < -0.39 is 22.7 Å². The lowest BCUT2D eigenvalue weighted by molar-refractivity contribution is -0.145. The lowest BCUT2D eigenvalue weighted by Gasteiger charge is -2.57. The van der Waals surface area contributed by atoms with Crippen LogP contribution in [0, 0.1) is 46.3 Å². The van der Waals surface area contributed by atoms with Crippen molar-refractivity contribution in [1.82, 2.24) is 0 Å². The first-order valence-electron chi connectivity index (χ1n) is 19.3. The van der Waals surface area contributed by atoms with Crippen LogP contribution >= 0.6 is 0 Å². The van der Waals surface area contributed by atoms with Crippen LogP contribution in [0.4, 0.5) is 0 Å². The Morgan fingerprint density at radius 2 is 1.55 bits per heavy atom. The van der Waals surface area contributed by atoms with Gasteiger partial charge >= 0.3 is 0 Å². The average molecular weight is 687 g/mol. The molecule has 0 aromatic heterocycles. The fraction of sp³-hybridized carbons (Fsp3) is 0.878. The number of ketones is 1. The molecule has 4 nitrogen and oxygen atoms in total. The molecule has 2 fully saturated rings. The molecule has 0 radical (unpaired) electrons. The summed E-state index contributed by atoms with van der Waals surface area (Å²) in [5.41, 5.74) is 2.45. The molecule has 0 saturated heterocycles. The summed E-state index contributed by atoms with van der Waals surface area (Å²) in [5.74, 6) is 2.38. The van der Waals surface area contributed by atoms with E-state index in [0.29, 0.717) is 30.0 Å². The van der Waals surface area contributed by atoms with Crippen LogP contribution in [0.2, 0.25) is 36.3 Å². The Morgan fingerprint density at radius 3 is 2.13 bits per heavy atom. The van der Waals surface area contributed by atoms with Gasteiger partial charge in [-0.15, -0.1) is 0 Å². The van der Waals surface area contributed by atoms with E-state index in [1.54, 1.807) is 0 Å². The molecule has 4 aliphatic rings. The third kappa shape index (κ3) is 7.58. The van der Waals surface area contributed by atoms with Gasteiger partial charge in [-0.2, -0.15) is 0 Å². The van der Waals surface area contributed by atoms with Gasteiger partial charge in [0.05, 0.1) is 6.10 Å². The minimum absolute atomic E-state index is 0.0123. The Kier molecular flexibility index (Phi) is 11.3. The number of hydrogen-bond acceptors (Lipinski definition) is 4. The van der Waals surface area contributed by atoms with Gasteiger partial charge in [0.1, 0.15) is 5.78 Å². The van der Waals surface area contributed by atoms with E-state index in [1.807, 2.05) is 0 Å². The van der Waals surface area contributed by atoms with Crippen LogP contribution in [-0.4, -0.2) is 46.3 Å². The smallest absolute Gasteiger partial charge is 0.192 e. The van der Waals surface area contributed by atoms with Crippen molar-refractivity contribution in [1.29, 1.82) is 0 Å². The zero-order valence-electron chi connectivity index (χ0n) is 33.3. The highest BCUT2D eigenvalue weighted by Crippen LogP contribution is 2.65. The number of carbonyl (C=O) groups excluding carboxylic acids is 1. The van der Waals surface area contributed by atoms with Crippen molar-refractivity contribution in [2.45, 2.75) is 176 Å². The SMILES string of the molecule is CC(C)[C@@H](CCO[Si](C)(C)C(C)(C)C)CC[C@@H](C)C1=C[C@@H](O)[C@H]2[C@@H]3CC=C4C[C@@H](O[Si](C)(C)C(C)(C)C)CC[C@]4(C)[C@H]3C(=O)C[C@]12C. The average Bonchev–Trinajstić information content (AvgIpc) is 3.18. The van der Waals surface area contributed by atoms with E-state index in [-0.39, 0.29) is 44.8 Å². The molecule has 0 spiro atoms. The molecule has 2 saturated carbocycles. The third-order valence-electron chi connectivity index (χ3n) is 14.9. The standard InChI is InChI=1S/C41H74O4Si2/c1-27(2)29(21-23-44-46(12,13)38(4,5)6)17-16-28(3)33-25-34(42)36-32-19-18-30-24-31(45-47(14,15)39(7,8)9)20-22-40(30,10)37(32)35(43)26-41(33,36)11/h18,25,27-29,31-32,34,36-37,42H,16-17,19-24,26H2,1-15H3/t28-,29-,31+,32+,34-,36-,37-,40+,41-/m1/s1. The summed E-state index contributed by atoms with van der Waals surface area (Å²) in [6.45, 7) is 35.9. The molecule has 0 bridgehead atoms. The summed E-state index contributed by atoms with van der Waals surface area (Å²) in [6, 6.07) is 0. The van der Waals surface area contributed by atoms with Crippen molar-refractivity contribution in [3.8, 4) is 0 Å². The van der Waals surface area contributed by atoms with Gasteiger partial charge < -0.3 is 14.0 Å². The molecule has 47 heavy (non-hydrogen) atoms.